The highest BCUT2D eigenvalue weighted by atomic mass is 15.1. The Morgan fingerprint density at radius 1 is 0.281 bits per heavy atom. The summed E-state index contributed by atoms with van der Waals surface area (Å²) in [6.07, 6.45) is 0. The van der Waals surface area contributed by atoms with Gasteiger partial charge in [0.2, 0.25) is 0 Å². The van der Waals surface area contributed by atoms with E-state index < -0.39 is 5.41 Å². The second-order valence-corrected chi connectivity index (χ2v) is 16.7. The van der Waals surface area contributed by atoms with Gasteiger partial charge in [-0.05, 0) is 108 Å². The molecule has 0 spiro atoms. The maximum atomic E-state index is 2.47. The Hall–Kier alpha value is -8.26. The third-order valence-electron chi connectivity index (χ3n) is 13.3. The monoisotopic (exact) mass is 813 g/mol. The summed E-state index contributed by atoms with van der Waals surface area (Å²) < 4.78 is 0. The van der Waals surface area contributed by atoms with Crippen LogP contribution < -0.4 is 4.90 Å². The highest BCUT2D eigenvalue weighted by molar-refractivity contribution is 6.14. The summed E-state index contributed by atoms with van der Waals surface area (Å²) in [5.74, 6) is 0. The largest absolute Gasteiger partial charge is 0.309 e. The molecule has 64 heavy (non-hydrogen) atoms. The lowest BCUT2D eigenvalue weighted by Gasteiger charge is -2.34. The van der Waals surface area contributed by atoms with E-state index in [4.69, 9.17) is 0 Å². The molecular formula is C63H43N. The van der Waals surface area contributed by atoms with E-state index in [2.05, 4.69) is 266 Å². The number of nitrogens with zero attached hydrogens (tertiary/aromatic N) is 1. The summed E-state index contributed by atoms with van der Waals surface area (Å²) in [4.78, 5) is 2.47. The van der Waals surface area contributed by atoms with Gasteiger partial charge in [0, 0.05) is 22.5 Å². The number of para-hydroxylation sites is 2. The maximum absolute atomic E-state index is 2.47. The first-order valence-corrected chi connectivity index (χ1v) is 22.2. The molecule has 0 radical (unpaired) electrons. The van der Waals surface area contributed by atoms with Gasteiger partial charge in [0.25, 0.3) is 0 Å². The lowest BCUT2D eigenvalue weighted by Crippen LogP contribution is -2.28. The van der Waals surface area contributed by atoms with Crippen LogP contribution >= 0.6 is 0 Å². The fourth-order valence-electron chi connectivity index (χ4n) is 10.6. The van der Waals surface area contributed by atoms with Crippen LogP contribution in [0.2, 0.25) is 0 Å². The quantitative estimate of drug-likeness (QED) is 0.138. The summed E-state index contributed by atoms with van der Waals surface area (Å²) in [5.41, 5.74) is 17.5. The van der Waals surface area contributed by atoms with Crippen molar-refractivity contribution in [1.29, 1.82) is 0 Å². The smallest absolute Gasteiger partial charge is 0.0713 e. The Labute approximate surface area is 374 Å². The average molecular weight is 814 g/mol. The van der Waals surface area contributed by atoms with Crippen LogP contribution in [0.15, 0.2) is 261 Å². The molecule has 0 saturated heterocycles. The number of anilines is 3. The van der Waals surface area contributed by atoms with E-state index >= 15 is 0 Å². The average Bonchev–Trinajstić information content (AvgIpc) is 3.69. The molecule has 11 aromatic rings. The van der Waals surface area contributed by atoms with Crippen LogP contribution in [0.3, 0.4) is 0 Å². The molecular weight excluding hydrogens is 771 g/mol. The van der Waals surface area contributed by atoms with E-state index in [0.29, 0.717) is 0 Å². The minimum absolute atomic E-state index is 0.510. The Kier molecular flexibility index (Phi) is 9.13. The topological polar surface area (TPSA) is 3.24 Å². The summed E-state index contributed by atoms with van der Waals surface area (Å²) in [6.45, 7) is 0. The van der Waals surface area contributed by atoms with Crippen molar-refractivity contribution >= 4 is 38.6 Å². The summed E-state index contributed by atoms with van der Waals surface area (Å²) in [5, 5.41) is 5.05. The third kappa shape index (κ3) is 5.93. The van der Waals surface area contributed by atoms with E-state index in [1.54, 1.807) is 0 Å². The third-order valence-corrected chi connectivity index (χ3v) is 13.3. The summed E-state index contributed by atoms with van der Waals surface area (Å²) in [7, 11) is 0. The van der Waals surface area contributed by atoms with Crippen LogP contribution in [0.4, 0.5) is 17.1 Å². The number of hydrogen-bond acceptors (Lipinski definition) is 1. The zero-order valence-electron chi connectivity index (χ0n) is 35.3. The first-order chi connectivity index (χ1) is 31.8. The molecule has 0 atom stereocenters. The van der Waals surface area contributed by atoms with Crippen molar-refractivity contribution < 1.29 is 0 Å². The van der Waals surface area contributed by atoms with Gasteiger partial charge < -0.3 is 4.90 Å². The van der Waals surface area contributed by atoms with Crippen LogP contribution in [-0.2, 0) is 5.41 Å². The van der Waals surface area contributed by atoms with Crippen LogP contribution in [0, 0.1) is 0 Å². The van der Waals surface area contributed by atoms with Crippen molar-refractivity contribution in [2.24, 2.45) is 0 Å². The normalized spacial score (nSPS) is 12.5. The zero-order chi connectivity index (χ0) is 42.5. The van der Waals surface area contributed by atoms with Gasteiger partial charge in [-0.1, -0.05) is 231 Å². The van der Waals surface area contributed by atoms with Crippen LogP contribution in [-0.4, -0.2) is 0 Å². The standard InChI is InChI=1S/C63H43N/c1-5-21-44(22-6-1)52-34-19-36-56(55-35-20-38-60-61(55)57-33-17-18-37-59(57)63(60,47-24-7-2-8-25-47)48-26-9-3-10-27-48)62(52)64(49-28-11-4-12-29-49)50-41-39-45(40-42-50)58-43-46-23-13-14-30-51(46)53-31-15-16-32-54(53)58/h1-43H. The van der Waals surface area contributed by atoms with Gasteiger partial charge in [-0.25, -0.2) is 0 Å². The van der Waals surface area contributed by atoms with Gasteiger partial charge in [0.1, 0.15) is 0 Å². The molecule has 0 unspecified atom stereocenters. The van der Waals surface area contributed by atoms with E-state index in [-0.39, 0.29) is 0 Å². The second-order valence-electron chi connectivity index (χ2n) is 16.7. The van der Waals surface area contributed by atoms with Crippen molar-refractivity contribution in [3.8, 4) is 44.5 Å². The predicted molar refractivity (Wildman–Crippen MR) is 270 cm³/mol. The lowest BCUT2D eigenvalue weighted by molar-refractivity contribution is 0.768. The van der Waals surface area contributed by atoms with Crippen LogP contribution in [0.5, 0.6) is 0 Å². The lowest BCUT2D eigenvalue weighted by atomic mass is 9.67. The molecule has 1 aliphatic carbocycles. The van der Waals surface area contributed by atoms with E-state index in [9.17, 15) is 0 Å². The molecule has 0 fully saturated rings. The van der Waals surface area contributed by atoms with E-state index in [1.807, 2.05) is 0 Å². The molecule has 0 bridgehead atoms. The number of hydrogen-bond donors (Lipinski definition) is 0. The van der Waals surface area contributed by atoms with Gasteiger partial charge in [0.05, 0.1) is 11.1 Å². The first-order valence-electron chi connectivity index (χ1n) is 22.2. The minimum atomic E-state index is -0.510. The van der Waals surface area contributed by atoms with Crippen molar-refractivity contribution in [3.63, 3.8) is 0 Å². The molecule has 0 heterocycles. The predicted octanol–water partition coefficient (Wildman–Crippen LogP) is 16.8. The molecule has 1 nitrogen and oxygen atoms in total. The Bertz CT molecular complexity index is 3430. The van der Waals surface area contributed by atoms with Crippen molar-refractivity contribution in [3.05, 3.63) is 283 Å². The second kappa shape index (κ2) is 15.6. The Morgan fingerprint density at radius 2 is 0.766 bits per heavy atom. The van der Waals surface area contributed by atoms with Crippen LogP contribution in [0.1, 0.15) is 22.3 Å². The Balaban J connectivity index is 1.12. The molecule has 1 aliphatic rings. The highest BCUT2D eigenvalue weighted by Gasteiger charge is 2.47. The van der Waals surface area contributed by atoms with Gasteiger partial charge in [0.15, 0.2) is 0 Å². The van der Waals surface area contributed by atoms with Gasteiger partial charge >= 0.3 is 0 Å². The number of fused-ring (bicyclic) bond motifs is 6. The van der Waals surface area contributed by atoms with Crippen LogP contribution in [0.25, 0.3) is 66.1 Å². The van der Waals surface area contributed by atoms with Gasteiger partial charge in [-0.3, -0.25) is 0 Å². The minimum Gasteiger partial charge on any atom is -0.309 e. The molecule has 0 saturated carbocycles. The molecule has 0 aromatic heterocycles. The molecule has 0 amide bonds. The maximum Gasteiger partial charge on any atom is 0.0713 e. The van der Waals surface area contributed by atoms with Crippen molar-refractivity contribution in [2.45, 2.75) is 5.41 Å². The molecule has 300 valence electrons. The highest BCUT2D eigenvalue weighted by Crippen LogP contribution is 2.59. The molecule has 12 rings (SSSR count). The van der Waals surface area contributed by atoms with Gasteiger partial charge in [-0.2, -0.15) is 0 Å². The number of benzene rings is 11. The zero-order valence-corrected chi connectivity index (χ0v) is 35.3. The van der Waals surface area contributed by atoms with E-state index in [1.165, 1.54) is 77.2 Å². The van der Waals surface area contributed by atoms with E-state index in [0.717, 1.165) is 28.2 Å². The molecule has 1 heteroatoms. The first kappa shape index (κ1) is 37.5. The number of rotatable bonds is 8. The summed E-state index contributed by atoms with van der Waals surface area (Å²) >= 11 is 0. The van der Waals surface area contributed by atoms with Crippen molar-refractivity contribution in [2.75, 3.05) is 4.90 Å². The molecule has 0 N–H and O–H groups in total. The van der Waals surface area contributed by atoms with Crippen molar-refractivity contribution in [1.82, 2.24) is 0 Å². The molecule has 11 aromatic carbocycles. The van der Waals surface area contributed by atoms with Gasteiger partial charge in [-0.15, -0.1) is 0 Å². The molecule has 0 aliphatic heterocycles. The summed E-state index contributed by atoms with van der Waals surface area (Å²) in [6, 6.07) is 95.9. The SMILES string of the molecule is c1ccc(-c2cccc(-c3cccc4c3-c3ccccc3C4(c3ccccc3)c3ccccc3)c2N(c2ccccc2)c2ccc(-c3cc4ccccc4c4ccccc34)cc2)cc1. The fourth-order valence-corrected chi connectivity index (χ4v) is 10.6. The fraction of sp³-hybridized carbons (Fsp3) is 0.0159. The Morgan fingerprint density at radius 3 is 1.48 bits per heavy atom.